The van der Waals surface area contributed by atoms with Gasteiger partial charge in [-0.1, -0.05) is 29.4 Å². The molecule has 0 aliphatic heterocycles. The molecule has 2 N–H and O–H groups in total. The highest BCUT2D eigenvalue weighted by Gasteiger charge is 2.27. The fourth-order valence-electron chi connectivity index (χ4n) is 2.11. The second-order valence-electron chi connectivity index (χ2n) is 5.71. The van der Waals surface area contributed by atoms with Crippen molar-refractivity contribution in [1.29, 1.82) is 0 Å². The topological polar surface area (TPSA) is 84.6 Å². The maximum absolute atomic E-state index is 12.1. The molecule has 0 saturated carbocycles. The van der Waals surface area contributed by atoms with Gasteiger partial charge in [0.05, 0.1) is 19.7 Å². The van der Waals surface area contributed by atoms with E-state index in [0.29, 0.717) is 42.9 Å². The van der Waals surface area contributed by atoms with E-state index in [4.69, 9.17) is 4.52 Å². The van der Waals surface area contributed by atoms with Crippen LogP contribution in [0.2, 0.25) is 0 Å². The molecule has 0 unspecified atom stereocenters. The van der Waals surface area contributed by atoms with Crippen LogP contribution in [0.1, 0.15) is 29.8 Å². The molecule has 0 saturated heterocycles. The number of rotatable bonds is 8. The lowest BCUT2D eigenvalue weighted by atomic mass is 10.1. The molecule has 0 bridgehead atoms. The van der Waals surface area contributed by atoms with Gasteiger partial charge in [-0.25, -0.2) is 4.99 Å². The molecule has 2 aromatic rings. The van der Waals surface area contributed by atoms with E-state index in [1.807, 2.05) is 6.92 Å². The third-order valence-electron chi connectivity index (χ3n) is 3.30. The van der Waals surface area contributed by atoms with Crippen molar-refractivity contribution in [2.75, 3.05) is 13.2 Å². The summed E-state index contributed by atoms with van der Waals surface area (Å²) in [6, 6.07) is 7.06. The number of guanidine groups is 1. The van der Waals surface area contributed by atoms with Gasteiger partial charge in [0.2, 0.25) is 5.89 Å². The monoisotopic (exact) mass is 513 g/mol. The summed E-state index contributed by atoms with van der Waals surface area (Å²) in [6.45, 7) is 3.79. The minimum absolute atomic E-state index is 0. The number of hydrogen-bond donors (Lipinski definition) is 2. The summed E-state index contributed by atoms with van der Waals surface area (Å²) in [6.07, 6.45) is -4.32. The maximum atomic E-state index is 12.1. The number of aliphatic imine (C=N–C) groups is 1. The zero-order valence-electron chi connectivity index (χ0n) is 15.5. The fourth-order valence-corrected chi connectivity index (χ4v) is 2.11. The number of ether oxygens (including phenoxy) is 1. The summed E-state index contributed by atoms with van der Waals surface area (Å²) in [7, 11) is 0. The lowest BCUT2D eigenvalue weighted by Crippen LogP contribution is -2.36. The Morgan fingerprint density at radius 3 is 2.43 bits per heavy atom. The first-order chi connectivity index (χ1) is 12.9. The molecule has 7 nitrogen and oxygen atoms in total. The van der Waals surface area contributed by atoms with Crippen LogP contribution in [0.4, 0.5) is 13.2 Å². The number of hydrogen-bond acceptors (Lipinski definition) is 5. The Morgan fingerprint density at radius 2 is 1.86 bits per heavy atom. The van der Waals surface area contributed by atoms with Crippen LogP contribution >= 0.6 is 24.0 Å². The molecule has 1 aromatic heterocycles. The van der Waals surface area contributed by atoms with Gasteiger partial charge in [0, 0.05) is 6.54 Å². The SMILES string of the molecule is CCNC(=NCc1ccc(COCC(F)(F)F)cc1)NCc1nc(C)no1.I. The minimum Gasteiger partial charge on any atom is -0.367 e. The highest BCUT2D eigenvalue weighted by molar-refractivity contribution is 14.0. The minimum atomic E-state index is -4.32. The molecule has 0 atom stereocenters. The summed E-state index contributed by atoms with van der Waals surface area (Å²) in [5.41, 5.74) is 1.59. The Balaban J connectivity index is 0.00000392. The second kappa shape index (κ2) is 11.8. The molecule has 28 heavy (non-hydrogen) atoms. The third-order valence-corrected chi connectivity index (χ3v) is 3.30. The maximum Gasteiger partial charge on any atom is 0.411 e. The van der Waals surface area contributed by atoms with Gasteiger partial charge in [0.1, 0.15) is 6.61 Å². The molecule has 0 amide bonds. The van der Waals surface area contributed by atoms with Gasteiger partial charge < -0.3 is 19.9 Å². The van der Waals surface area contributed by atoms with Crippen molar-refractivity contribution < 1.29 is 22.4 Å². The number of nitrogens with one attached hydrogen (secondary N) is 2. The van der Waals surface area contributed by atoms with E-state index in [-0.39, 0.29) is 30.6 Å². The first-order valence-corrected chi connectivity index (χ1v) is 8.39. The Morgan fingerprint density at radius 1 is 1.18 bits per heavy atom. The van der Waals surface area contributed by atoms with Crippen molar-refractivity contribution >= 4 is 29.9 Å². The lowest BCUT2D eigenvalue weighted by Gasteiger charge is -2.10. The van der Waals surface area contributed by atoms with Crippen molar-refractivity contribution in [3.05, 3.63) is 47.1 Å². The van der Waals surface area contributed by atoms with E-state index in [9.17, 15) is 13.2 Å². The summed E-state index contributed by atoms with van der Waals surface area (Å²) < 4.78 is 45.9. The van der Waals surface area contributed by atoms with E-state index < -0.39 is 12.8 Å². The average Bonchev–Trinajstić information content (AvgIpc) is 3.03. The number of nitrogens with zero attached hydrogens (tertiary/aromatic N) is 3. The Kier molecular flexibility index (Phi) is 10.2. The van der Waals surface area contributed by atoms with Crippen LogP contribution in [0.25, 0.3) is 0 Å². The van der Waals surface area contributed by atoms with Crippen LogP contribution in [0.5, 0.6) is 0 Å². The molecule has 2 rings (SSSR count). The van der Waals surface area contributed by atoms with Crippen molar-refractivity contribution in [3.63, 3.8) is 0 Å². The number of aromatic nitrogens is 2. The van der Waals surface area contributed by atoms with Crippen LogP contribution in [0.15, 0.2) is 33.8 Å². The van der Waals surface area contributed by atoms with Gasteiger partial charge in [-0.05, 0) is 25.0 Å². The molecule has 0 radical (unpaired) electrons. The van der Waals surface area contributed by atoms with Gasteiger partial charge in [0.15, 0.2) is 11.8 Å². The molecular weight excluding hydrogens is 490 g/mol. The number of halogens is 4. The van der Waals surface area contributed by atoms with Gasteiger partial charge >= 0.3 is 6.18 Å². The zero-order chi connectivity index (χ0) is 19.7. The summed E-state index contributed by atoms with van der Waals surface area (Å²) in [5, 5.41) is 9.91. The van der Waals surface area contributed by atoms with Crippen molar-refractivity contribution in [2.24, 2.45) is 4.99 Å². The standard InChI is InChI=1S/C17H22F3N5O2.HI/c1-3-21-16(23-9-15-24-12(2)25-27-15)22-8-13-4-6-14(7-5-13)10-26-11-17(18,19)20;/h4-7H,3,8-11H2,1-2H3,(H2,21,22,23);1H. The van der Waals surface area contributed by atoms with E-state index in [2.05, 4.69) is 30.5 Å². The molecule has 156 valence electrons. The summed E-state index contributed by atoms with van der Waals surface area (Å²) in [5.74, 6) is 1.61. The van der Waals surface area contributed by atoms with E-state index in [1.165, 1.54) is 0 Å². The van der Waals surface area contributed by atoms with Gasteiger partial charge in [-0.2, -0.15) is 18.2 Å². The van der Waals surface area contributed by atoms with E-state index in [1.54, 1.807) is 31.2 Å². The molecule has 0 fully saturated rings. The van der Waals surface area contributed by atoms with Gasteiger partial charge in [-0.15, -0.1) is 24.0 Å². The normalized spacial score (nSPS) is 11.8. The number of benzene rings is 1. The van der Waals surface area contributed by atoms with Crippen LogP contribution in [-0.4, -0.2) is 35.4 Å². The number of alkyl halides is 3. The first-order valence-electron chi connectivity index (χ1n) is 8.39. The molecule has 0 aliphatic rings. The lowest BCUT2D eigenvalue weighted by molar-refractivity contribution is -0.176. The second-order valence-corrected chi connectivity index (χ2v) is 5.71. The molecule has 1 heterocycles. The highest BCUT2D eigenvalue weighted by atomic mass is 127. The Labute approximate surface area is 178 Å². The quantitative estimate of drug-likeness (QED) is 0.320. The third kappa shape index (κ3) is 9.35. The molecular formula is C17H23F3IN5O2. The highest BCUT2D eigenvalue weighted by Crippen LogP contribution is 2.16. The molecule has 0 aliphatic carbocycles. The molecule has 11 heteroatoms. The predicted molar refractivity (Wildman–Crippen MR) is 108 cm³/mol. The van der Waals surface area contributed by atoms with Gasteiger partial charge in [0.25, 0.3) is 0 Å². The van der Waals surface area contributed by atoms with Crippen LogP contribution in [-0.2, 0) is 24.4 Å². The summed E-state index contributed by atoms with van der Waals surface area (Å²) in [4.78, 5) is 8.56. The van der Waals surface area contributed by atoms with Gasteiger partial charge in [-0.3, -0.25) is 0 Å². The Hall–Kier alpha value is -1.89. The predicted octanol–water partition coefficient (Wildman–Crippen LogP) is 3.33. The van der Waals surface area contributed by atoms with Crippen LogP contribution < -0.4 is 10.6 Å². The zero-order valence-corrected chi connectivity index (χ0v) is 17.9. The first kappa shape index (κ1) is 24.1. The fraction of sp³-hybridized carbons (Fsp3) is 0.471. The Bertz CT molecular complexity index is 735. The van der Waals surface area contributed by atoms with Crippen LogP contribution in [0.3, 0.4) is 0 Å². The van der Waals surface area contributed by atoms with Crippen molar-refractivity contribution in [3.8, 4) is 0 Å². The molecule has 1 aromatic carbocycles. The van der Waals surface area contributed by atoms with E-state index >= 15 is 0 Å². The van der Waals surface area contributed by atoms with Crippen molar-refractivity contribution in [1.82, 2.24) is 20.8 Å². The van der Waals surface area contributed by atoms with E-state index in [0.717, 1.165) is 5.56 Å². The largest absolute Gasteiger partial charge is 0.411 e. The van der Waals surface area contributed by atoms with Crippen LogP contribution in [0, 0.1) is 6.92 Å². The average molecular weight is 513 g/mol. The van der Waals surface area contributed by atoms with Crippen molar-refractivity contribution in [2.45, 2.75) is 39.7 Å². The smallest absolute Gasteiger partial charge is 0.367 e. The summed E-state index contributed by atoms with van der Waals surface area (Å²) >= 11 is 0. The molecule has 0 spiro atoms. The number of aryl methyl sites for hydroxylation is 1.